The molecule has 1 aliphatic carbocycles. The molecule has 0 aliphatic heterocycles. The Hall–Kier alpha value is -2.64. The fourth-order valence-corrected chi connectivity index (χ4v) is 3.46. The van der Waals surface area contributed by atoms with Crippen LogP contribution in [0.3, 0.4) is 0 Å². The van der Waals surface area contributed by atoms with Crippen LogP contribution in [-0.2, 0) is 0 Å². The van der Waals surface area contributed by atoms with Gasteiger partial charge in [0.25, 0.3) is 0 Å². The van der Waals surface area contributed by atoms with Crippen LogP contribution in [0.1, 0.15) is 43.0 Å². The lowest BCUT2D eigenvalue weighted by atomic mass is 9.85. The SMILES string of the molecule is N/N=N/n1cccc1C(c1cccn1/N=N/N)C1CCCC1. The zero-order valence-electron chi connectivity index (χ0n) is 12.3. The van der Waals surface area contributed by atoms with Crippen molar-refractivity contribution in [2.75, 3.05) is 0 Å². The molecule has 2 aromatic heterocycles. The van der Waals surface area contributed by atoms with Gasteiger partial charge in [0.05, 0.1) is 11.4 Å². The van der Waals surface area contributed by atoms with Crippen molar-refractivity contribution in [1.82, 2.24) is 9.35 Å². The number of nitrogens with zero attached hydrogens (tertiary/aromatic N) is 6. The first-order valence-corrected chi connectivity index (χ1v) is 7.42. The number of hydrogen-bond donors (Lipinski definition) is 2. The van der Waals surface area contributed by atoms with E-state index in [2.05, 4.69) is 33.0 Å². The van der Waals surface area contributed by atoms with Gasteiger partial charge in [0.1, 0.15) is 0 Å². The summed E-state index contributed by atoms with van der Waals surface area (Å²) >= 11 is 0. The van der Waals surface area contributed by atoms with Gasteiger partial charge >= 0.3 is 0 Å². The molecule has 0 spiro atoms. The van der Waals surface area contributed by atoms with Crippen molar-refractivity contribution in [3.05, 3.63) is 48.0 Å². The van der Waals surface area contributed by atoms with E-state index in [9.17, 15) is 0 Å². The molecule has 2 aromatic rings. The van der Waals surface area contributed by atoms with Crippen LogP contribution in [0.15, 0.2) is 57.6 Å². The third-order valence-electron chi connectivity index (χ3n) is 4.32. The Balaban J connectivity index is 2.07. The first kappa shape index (κ1) is 14.3. The number of nitrogens with two attached hydrogens (primary N) is 2. The molecule has 22 heavy (non-hydrogen) atoms. The van der Waals surface area contributed by atoms with Gasteiger partial charge in [0, 0.05) is 18.3 Å². The van der Waals surface area contributed by atoms with Crippen molar-refractivity contribution < 1.29 is 0 Å². The van der Waals surface area contributed by atoms with Crippen molar-refractivity contribution in [2.45, 2.75) is 31.6 Å². The van der Waals surface area contributed by atoms with E-state index in [0.717, 1.165) is 11.4 Å². The molecule has 0 atom stereocenters. The van der Waals surface area contributed by atoms with Crippen LogP contribution in [0.2, 0.25) is 0 Å². The summed E-state index contributed by atoms with van der Waals surface area (Å²) in [6, 6.07) is 8.00. The summed E-state index contributed by atoms with van der Waals surface area (Å²) in [4.78, 5) is 0. The Morgan fingerprint density at radius 2 is 1.41 bits per heavy atom. The molecule has 1 aliphatic rings. The Bertz CT molecular complexity index is 612. The first-order valence-electron chi connectivity index (χ1n) is 7.42. The molecule has 0 radical (unpaired) electrons. The van der Waals surface area contributed by atoms with Crippen LogP contribution in [0, 0.1) is 5.92 Å². The maximum Gasteiger partial charge on any atom is 0.0531 e. The summed E-state index contributed by atoms with van der Waals surface area (Å²) in [5.41, 5.74) is 2.10. The minimum Gasteiger partial charge on any atom is -0.303 e. The zero-order valence-corrected chi connectivity index (χ0v) is 12.3. The monoisotopic (exact) mass is 300 g/mol. The van der Waals surface area contributed by atoms with Crippen molar-refractivity contribution in [3.8, 4) is 0 Å². The van der Waals surface area contributed by atoms with Crippen LogP contribution < -0.4 is 11.7 Å². The van der Waals surface area contributed by atoms with Gasteiger partial charge in [-0.05, 0) is 53.5 Å². The number of hydrogen-bond acceptors (Lipinski definition) is 4. The van der Waals surface area contributed by atoms with Gasteiger partial charge in [-0.3, -0.25) is 0 Å². The van der Waals surface area contributed by atoms with Crippen LogP contribution in [0.4, 0.5) is 0 Å². The Labute approximate surface area is 128 Å². The molecular weight excluding hydrogens is 280 g/mol. The highest BCUT2D eigenvalue weighted by Crippen LogP contribution is 2.41. The van der Waals surface area contributed by atoms with E-state index in [0.29, 0.717) is 5.92 Å². The molecular formula is C14H20N8. The van der Waals surface area contributed by atoms with Crippen LogP contribution in [0.25, 0.3) is 0 Å². The summed E-state index contributed by atoms with van der Waals surface area (Å²) in [5, 5.41) is 14.8. The van der Waals surface area contributed by atoms with Gasteiger partial charge in [-0.25, -0.2) is 9.35 Å². The van der Waals surface area contributed by atoms with E-state index < -0.39 is 0 Å². The minimum atomic E-state index is 0.156. The van der Waals surface area contributed by atoms with Gasteiger partial charge in [-0.15, -0.1) is 0 Å². The second kappa shape index (κ2) is 6.42. The molecule has 0 bridgehead atoms. The van der Waals surface area contributed by atoms with E-state index in [1.807, 2.05) is 24.5 Å². The normalized spacial score (nSPS) is 16.6. The second-order valence-electron chi connectivity index (χ2n) is 5.49. The van der Waals surface area contributed by atoms with Crippen molar-refractivity contribution in [2.24, 2.45) is 38.5 Å². The van der Waals surface area contributed by atoms with E-state index in [4.69, 9.17) is 11.7 Å². The average molecular weight is 300 g/mol. The summed E-state index contributed by atoms with van der Waals surface area (Å²) in [6.45, 7) is 0. The largest absolute Gasteiger partial charge is 0.303 e. The fraction of sp³-hybridized carbons (Fsp3) is 0.429. The molecule has 0 aromatic carbocycles. The van der Waals surface area contributed by atoms with Crippen LogP contribution in [-0.4, -0.2) is 9.35 Å². The highest BCUT2D eigenvalue weighted by molar-refractivity contribution is 5.27. The van der Waals surface area contributed by atoms with Gasteiger partial charge < -0.3 is 11.7 Å². The fourth-order valence-electron chi connectivity index (χ4n) is 3.46. The molecule has 3 rings (SSSR count). The van der Waals surface area contributed by atoms with E-state index in [1.54, 1.807) is 9.35 Å². The van der Waals surface area contributed by atoms with Crippen molar-refractivity contribution in [3.63, 3.8) is 0 Å². The quantitative estimate of drug-likeness (QED) is 0.502. The average Bonchev–Trinajstić information content (AvgIpc) is 3.25. The van der Waals surface area contributed by atoms with Crippen molar-refractivity contribution in [1.29, 1.82) is 0 Å². The molecule has 1 saturated carbocycles. The predicted octanol–water partition coefficient (Wildman–Crippen LogP) is 2.79. The van der Waals surface area contributed by atoms with Gasteiger partial charge in [-0.2, -0.15) is 0 Å². The molecule has 2 heterocycles. The Morgan fingerprint density at radius 3 is 1.86 bits per heavy atom. The molecule has 0 amide bonds. The third-order valence-corrected chi connectivity index (χ3v) is 4.32. The second-order valence-corrected chi connectivity index (χ2v) is 5.49. The van der Waals surface area contributed by atoms with E-state index in [1.165, 1.54) is 25.7 Å². The highest BCUT2D eigenvalue weighted by atomic mass is 15.5. The molecule has 4 N–H and O–H groups in total. The lowest BCUT2D eigenvalue weighted by Gasteiger charge is -2.24. The highest BCUT2D eigenvalue weighted by Gasteiger charge is 2.32. The molecule has 0 unspecified atom stereocenters. The maximum absolute atomic E-state index is 5.22. The Kier molecular flexibility index (Phi) is 4.17. The number of aromatic nitrogens is 2. The Morgan fingerprint density at radius 1 is 0.909 bits per heavy atom. The minimum absolute atomic E-state index is 0.156. The lowest BCUT2D eigenvalue weighted by Crippen LogP contribution is -2.17. The van der Waals surface area contributed by atoms with Crippen LogP contribution in [0.5, 0.6) is 0 Å². The van der Waals surface area contributed by atoms with Crippen LogP contribution >= 0.6 is 0 Å². The topological polar surface area (TPSA) is 111 Å². The van der Waals surface area contributed by atoms with Gasteiger partial charge in [0.15, 0.2) is 0 Å². The summed E-state index contributed by atoms with van der Waals surface area (Å²) in [7, 11) is 0. The summed E-state index contributed by atoms with van der Waals surface area (Å²) in [5.74, 6) is 11.1. The molecule has 8 nitrogen and oxygen atoms in total. The van der Waals surface area contributed by atoms with E-state index in [-0.39, 0.29) is 5.92 Å². The summed E-state index contributed by atoms with van der Waals surface area (Å²) < 4.78 is 3.44. The lowest BCUT2D eigenvalue weighted by molar-refractivity contribution is 0.443. The van der Waals surface area contributed by atoms with Gasteiger partial charge in [-0.1, -0.05) is 23.3 Å². The van der Waals surface area contributed by atoms with Gasteiger partial charge in [0.2, 0.25) is 0 Å². The predicted molar refractivity (Wildman–Crippen MR) is 81.5 cm³/mol. The number of rotatable bonds is 5. The smallest absolute Gasteiger partial charge is 0.0531 e. The van der Waals surface area contributed by atoms with E-state index >= 15 is 0 Å². The maximum atomic E-state index is 5.22. The summed E-state index contributed by atoms with van der Waals surface area (Å²) in [6.07, 6.45) is 8.57. The molecule has 116 valence electrons. The molecule has 8 heteroatoms. The first-order chi connectivity index (χ1) is 10.8. The zero-order chi connectivity index (χ0) is 15.4. The standard InChI is InChI=1S/C14H20N8/c15-17-19-21-9-3-7-12(21)14(11-5-1-2-6-11)13-8-4-10-22(13)20-18-16/h3-4,7-11,14H,1-2,5-6H2,(H2,15,19)(H2,16,20). The molecule has 0 saturated heterocycles. The van der Waals surface area contributed by atoms with Crippen molar-refractivity contribution >= 4 is 0 Å². The third kappa shape index (κ3) is 2.59. The molecule has 1 fully saturated rings.